The van der Waals surface area contributed by atoms with Crippen LogP contribution in [0.15, 0.2) is 23.8 Å². The molecule has 1 aromatic rings. The minimum absolute atomic E-state index is 0.210. The maximum Gasteiger partial charge on any atom is 0.189 e. The van der Waals surface area contributed by atoms with Gasteiger partial charge in [-0.15, -0.1) is 0 Å². The van der Waals surface area contributed by atoms with Gasteiger partial charge in [0.1, 0.15) is 0 Å². The fourth-order valence-electron chi connectivity index (χ4n) is 2.48. The van der Waals surface area contributed by atoms with Crippen molar-refractivity contribution in [3.8, 4) is 0 Å². The van der Waals surface area contributed by atoms with Crippen LogP contribution in [-0.4, -0.2) is 5.78 Å². The average Bonchev–Trinajstić information content (AvgIpc) is 2.55. The number of carbonyl (C=O) groups excluding carboxylic acids is 1. The Kier molecular flexibility index (Phi) is 3.68. The predicted octanol–water partition coefficient (Wildman–Crippen LogP) is 4.89. The van der Waals surface area contributed by atoms with Gasteiger partial charge in [0.05, 0.1) is 0 Å². The van der Waals surface area contributed by atoms with Gasteiger partial charge in [0.15, 0.2) is 5.78 Å². The lowest BCUT2D eigenvalue weighted by Gasteiger charge is -2.05. The molecule has 2 heteroatoms. The largest absolute Gasteiger partial charge is 0.289 e. The zero-order chi connectivity index (χ0) is 12.4. The lowest BCUT2D eigenvalue weighted by molar-refractivity contribution is 0.103. The van der Waals surface area contributed by atoms with Gasteiger partial charge in [-0.1, -0.05) is 38.3 Å². The van der Waals surface area contributed by atoms with Crippen molar-refractivity contribution in [2.24, 2.45) is 0 Å². The number of carbonyl (C=O) groups is 1. The second-order valence-corrected chi connectivity index (χ2v) is 4.91. The van der Waals surface area contributed by atoms with Crippen molar-refractivity contribution in [2.45, 2.75) is 39.5 Å². The van der Waals surface area contributed by atoms with Gasteiger partial charge >= 0.3 is 0 Å². The average molecular weight is 249 g/mol. The summed E-state index contributed by atoms with van der Waals surface area (Å²) in [6, 6.07) is 5.59. The summed E-state index contributed by atoms with van der Waals surface area (Å²) in [5, 5.41) is 0.711. The molecular weight excluding hydrogens is 232 g/mol. The Labute approximate surface area is 107 Å². The van der Waals surface area contributed by atoms with Crippen LogP contribution in [0.4, 0.5) is 0 Å². The lowest BCUT2D eigenvalue weighted by Crippen LogP contribution is -1.98. The number of ketones is 1. The van der Waals surface area contributed by atoms with Crippen molar-refractivity contribution in [1.82, 2.24) is 0 Å². The van der Waals surface area contributed by atoms with E-state index in [9.17, 15) is 4.79 Å². The van der Waals surface area contributed by atoms with E-state index in [2.05, 4.69) is 13.8 Å². The van der Waals surface area contributed by atoms with E-state index in [4.69, 9.17) is 11.6 Å². The number of hydrogen-bond donors (Lipinski definition) is 0. The smallest absolute Gasteiger partial charge is 0.189 e. The zero-order valence-corrected chi connectivity index (χ0v) is 11.1. The van der Waals surface area contributed by atoms with Crippen molar-refractivity contribution in [2.75, 3.05) is 0 Å². The topological polar surface area (TPSA) is 17.1 Å². The first-order valence-electron chi connectivity index (χ1n) is 6.25. The zero-order valence-electron chi connectivity index (χ0n) is 10.3. The third kappa shape index (κ3) is 2.16. The molecule has 0 atom stereocenters. The minimum atomic E-state index is 0.210. The maximum absolute atomic E-state index is 12.3. The Morgan fingerprint density at radius 3 is 2.29 bits per heavy atom. The van der Waals surface area contributed by atoms with Gasteiger partial charge in [-0.25, -0.2) is 0 Å². The highest BCUT2D eigenvalue weighted by atomic mass is 35.5. The fourth-order valence-corrected chi connectivity index (χ4v) is 2.65. The van der Waals surface area contributed by atoms with E-state index < -0.39 is 0 Å². The summed E-state index contributed by atoms with van der Waals surface area (Å²) in [7, 11) is 0. The van der Waals surface area contributed by atoms with Crippen LogP contribution in [0.3, 0.4) is 0 Å². The molecule has 0 saturated carbocycles. The number of hydrogen-bond acceptors (Lipinski definition) is 1. The molecule has 0 radical (unpaired) electrons. The third-order valence-electron chi connectivity index (χ3n) is 3.19. The summed E-state index contributed by atoms with van der Waals surface area (Å²) in [4.78, 5) is 12.3. The molecule has 1 aromatic carbocycles. The first-order chi connectivity index (χ1) is 8.19. The number of allylic oxidation sites excluding steroid dienone is 2. The molecular formula is C15H17ClO. The lowest BCUT2D eigenvalue weighted by atomic mass is 9.99. The van der Waals surface area contributed by atoms with E-state index in [0.29, 0.717) is 5.02 Å². The molecule has 0 fully saturated rings. The molecule has 2 rings (SSSR count). The van der Waals surface area contributed by atoms with Crippen LogP contribution in [-0.2, 0) is 0 Å². The summed E-state index contributed by atoms with van der Waals surface area (Å²) in [5.74, 6) is 0.210. The van der Waals surface area contributed by atoms with Crippen molar-refractivity contribution >= 4 is 23.0 Å². The fraction of sp³-hybridized carbons (Fsp3) is 0.400. The number of fused-ring (bicyclic) bond motifs is 1. The molecule has 0 aromatic heterocycles. The van der Waals surface area contributed by atoms with Crippen LogP contribution in [0.1, 0.15) is 55.5 Å². The normalized spacial score (nSPS) is 14.4. The van der Waals surface area contributed by atoms with Crippen LogP contribution in [0.5, 0.6) is 0 Å². The van der Waals surface area contributed by atoms with E-state index in [1.807, 2.05) is 12.1 Å². The number of rotatable bonds is 4. The van der Waals surface area contributed by atoms with Gasteiger partial charge in [-0.05, 0) is 42.2 Å². The van der Waals surface area contributed by atoms with Crippen LogP contribution in [0, 0.1) is 0 Å². The molecule has 1 aliphatic rings. The molecule has 0 N–H and O–H groups in total. The summed E-state index contributed by atoms with van der Waals surface area (Å²) >= 11 is 6.03. The molecule has 17 heavy (non-hydrogen) atoms. The summed E-state index contributed by atoms with van der Waals surface area (Å²) in [5.41, 5.74) is 4.12. The SMILES string of the molecule is CCCC1=C(CCC)c2cc(Cl)ccc2C1=O. The minimum Gasteiger partial charge on any atom is -0.289 e. The molecule has 90 valence electrons. The van der Waals surface area contributed by atoms with E-state index in [0.717, 1.165) is 42.4 Å². The van der Waals surface area contributed by atoms with Crippen molar-refractivity contribution < 1.29 is 4.79 Å². The van der Waals surface area contributed by atoms with Crippen LogP contribution in [0.25, 0.3) is 5.57 Å². The maximum atomic E-state index is 12.3. The van der Waals surface area contributed by atoms with Crippen LogP contribution >= 0.6 is 11.6 Å². The van der Waals surface area contributed by atoms with Crippen molar-refractivity contribution in [3.63, 3.8) is 0 Å². The predicted molar refractivity (Wildman–Crippen MR) is 72.5 cm³/mol. The Morgan fingerprint density at radius 1 is 1.00 bits per heavy atom. The monoisotopic (exact) mass is 248 g/mol. The molecule has 0 heterocycles. The molecule has 1 aliphatic carbocycles. The highest BCUT2D eigenvalue weighted by Crippen LogP contribution is 2.38. The molecule has 0 amide bonds. The first-order valence-corrected chi connectivity index (χ1v) is 6.63. The van der Waals surface area contributed by atoms with Gasteiger partial charge < -0.3 is 0 Å². The van der Waals surface area contributed by atoms with Crippen molar-refractivity contribution in [1.29, 1.82) is 0 Å². The van der Waals surface area contributed by atoms with E-state index in [1.165, 1.54) is 5.57 Å². The highest BCUT2D eigenvalue weighted by molar-refractivity contribution is 6.31. The van der Waals surface area contributed by atoms with Gasteiger partial charge in [0.2, 0.25) is 0 Å². The molecule has 0 aliphatic heterocycles. The van der Waals surface area contributed by atoms with Gasteiger partial charge in [-0.3, -0.25) is 4.79 Å². The van der Waals surface area contributed by atoms with Gasteiger partial charge in [0, 0.05) is 16.2 Å². The second-order valence-electron chi connectivity index (χ2n) is 4.48. The molecule has 0 saturated heterocycles. The Morgan fingerprint density at radius 2 is 1.65 bits per heavy atom. The van der Waals surface area contributed by atoms with Gasteiger partial charge in [-0.2, -0.15) is 0 Å². The Bertz CT molecular complexity index is 486. The number of halogens is 1. The van der Waals surface area contributed by atoms with Gasteiger partial charge in [0.25, 0.3) is 0 Å². The highest BCUT2D eigenvalue weighted by Gasteiger charge is 2.28. The van der Waals surface area contributed by atoms with Crippen molar-refractivity contribution in [3.05, 3.63) is 39.9 Å². The van der Waals surface area contributed by atoms with Crippen LogP contribution < -0.4 is 0 Å². The third-order valence-corrected chi connectivity index (χ3v) is 3.42. The molecule has 0 spiro atoms. The first kappa shape index (κ1) is 12.4. The van der Waals surface area contributed by atoms with E-state index >= 15 is 0 Å². The summed E-state index contributed by atoms with van der Waals surface area (Å²) in [6.07, 6.45) is 3.91. The number of benzene rings is 1. The Hall–Kier alpha value is -1.08. The molecule has 0 unspecified atom stereocenters. The molecule has 1 nitrogen and oxygen atoms in total. The Balaban J connectivity index is 2.53. The van der Waals surface area contributed by atoms with E-state index in [-0.39, 0.29) is 5.78 Å². The van der Waals surface area contributed by atoms with Crippen LogP contribution in [0.2, 0.25) is 5.02 Å². The second kappa shape index (κ2) is 5.05. The van der Waals surface area contributed by atoms with E-state index in [1.54, 1.807) is 6.07 Å². The molecule has 0 bridgehead atoms. The summed E-state index contributed by atoms with van der Waals surface area (Å²) in [6.45, 7) is 4.25. The number of Topliss-reactive ketones (excluding diaryl/α,β-unsaturated/α-hetero) is 1. The quantitative estimate of drug-likeness (QED) is 0.741. The standard InChI is InChI=1S/C15H17ClO/c1-3-5-11-12(6-4-2)15(17)13-8-7-10(16)9-14(11)13/h7-9H,3-6H2,1-2H3. The summed E-state index contributed by atoms with van der Waals surface area (Å²) < 4.78 is 0.